The molecular weight excluding hydrogens is 308 g/mol. The van der Waals surface area contributed by atoms with Gasteiger partial charge in [-0.2, -0.15) is 0 Å². The van der Waals surface area contributed by atoms with Crippen LogP contribution in [0.25, 0.3) is 0 Å². The first-order valence-electron chi connectivity index (χ1n) is 8.59. The lowest BCUT2D eigenvalue weighted by Crippen LogP contribution is -2.32. The van der Waals surface area contributed by atoms with Crippen LogP contribution in [0.1, 0.15) is 49.3 Å². The molecule has 2 unspecified atom stereocenters. The van der Waals surface area contributed by atoms with Gasteiger partial charge in [0.15, 0.2) is 0 Å². The highest BCUT2D eigenvalue weighted by Gasteiger charge is 2.22. The summed E-state index contributed by atoms with van der Waals surface area (Å²) in [6, 6.07) is 6.18. The Kier molecular flexibility index (Phi) is 5.84. The van der Waals surface area contributed by atoms with Gasteiger partial charge in [0.05, 0.1) is 17.9 Å². The van der Waals surface area contributed by atoms with Crippen LogP contribution in [0.3, 0.4) is 0 Å². The molecule has 0 aromatic heterocycles. The third kappa shape index (κ3) is 4.64. The zero-order valence-corrected chi connectivity index (χ0v) is 14.4. The number of nitrogen functional groups attached to an aromatic ring is 1. The highest BCUT2D eigenvalue weighted by molar-refractivity contribution is 7.99. The molecule has 0 spiro atoms. The quantitative estimate of drug-likeness (QED) is 0.812. The highest BCUT2D eigenvalue weighted by Crippen LogP contribution is 2.31. The van der Waals surface area contributed by atoms with E-state index in [0.29, 0.717) is 11.9 Å². The van der Waals surface area contributed by atoms with E-state index >= 15 is 0 Å². The number of nitrogens with one attached hydrogen (secondary N) is 1. The summed E-state index contributed by atoms with van der Waals surface area (Å²) in [4.78, 5) is 12.2. The zero-order valence-electron chi connectivity index (χ0n) is 13.6. The van der Waals surface area contributed by atoms with Gasteiger partial charge in [0.2, 0.25) is 5.91 Å². The minimum Gasteiger partial charge on any atom is -0.399 e. The Morgan fingerprint density at radius 1 is 1.30 bits per heavy atom. The van der Waals surface area contributed by atoms with Crippen LogP contribution in [-0.4, -0.2) is 30.1 Å². The third-order valence-corrected chi connectivity index (χ3v) is 5.70. The fourth-order valence-electron chi connectivity index (χ4n) is 3.44. The number of aryl methyl sites for hydroxylation is 1. The molecule has 0 bridgehead atoms. The lowest BCUT2D eigenvalue weighted by atomic mass is 9.87. The van der Waals surface area contributed by atoms with Gasteiger partial charge in [0.1, 0.15) is 0 Å². The standard InChI is InChI=1S/C18H26N2O2S/c19-14-7-8-16-13(10-14)4-3-6-17(16)20-18(21)12-23-11-15-5-1-2-9-22-15/h7-8,10,15,17H,1-6,9,11-12,19H2,(H,20,21). The van der Waals surface area contributed by atoms with Crippen LogP contribution >= 0.6 is 11.8 Å². The van der Waals surface area contributed by atoms with Gasteiger partial charge in [-0.05, 0) is 61.8 Å². The average molecular weight is 334 g/mol. The Bertz CT molecular complexity index is 544. The van der Waals surface area contributed by atoms with E-state index < -0.39 is 0 Å². The van der Waals surface area contributed by atoms with Crippen molar-refractivity contribution >= 4 is 23.4 Å². The van der Waals surface area contributed by atoms with Crippen molar-refractivity contribution < 1.29 is 9.53 Å². The monoisotopic (exact) mass is 334 g/mol. The second-order valence-corrected chi connectivity index (χ2v) is 7.50. The van der Waals surface area contributed by atoms with E-state index in [-0.39, 0.29) is 11.9 Å². The first-order chi connectivity index (χ1) is 11.2. The largest absolute Gasteiger partial charge is 0.399 e. The van der Waals surface area contributed by atoms with Crippen LogP contribution in [-0.2, 0) is 16.0 Å². The van der Waals surface area contributed by atoms with Crippen molar-refractivity contribution in [2.45, 2.75) is 50.7 Å². The maximum absolute atomic E-state index is 12.2. The van der Waals surface area contributed by atoms with E-state index in [9.17, 15) is 4.79 Å². The molecule has 1 aromatic rings. The molecular formula is C18H26N2O2S. The number of carbonyl (C=O) groups is 1. The van der Waals surface area contributed by atoms with Crippen molar-refractivity contribution in [3.05, 3.63) is 29.3 Å². The topological polar surface area (TPSA) is 64.3 Å². The number of ether oxygens (including phenoxy) is 1. The Labute approximate surface area is 142 Å². The Morgan fingerprint density at radius 2 is 2.22 bits per heavy atom. The number of hydrogen-bond donors (Lipinski definition) is 2. The minimum atomic E-state index is 0.125. The molecule has 1 saturated heterocycles. The molecule has 0 saturated carbocycles. The summed E-state index contributed by atoms with van der Waals surface area (Å²) >= 11 is 1.68. The van der Waals surface area contributed by atoms with Gasteiger partial charge in [-0.1, -0.05) is 6.07 Å². The van der Waals surface area contributed by atoms with E-state index in [0.717, 1.165) is 43.7 Å². The van der Waals surface area contributed by atoms with Crippen molar-refractivity contribution in [1.82, 2.24) is 5.32 Å². The van der Waals surface area contributed by atoms with E-state index in [1.165, 1.54) is 24.0 Å². The normalized spacial score (nSPS) is 24.0. The van der Waals surface area contributed by atoms with Crippen LogP contribution in [0.4, 0.5) is 5.69 Å². The molecule has 3 rings (SSSR count). The zero-order chi connectivity index (χ0) is 16.1. The molecule has 23 heavy (non-hydrogen) atoms. The molecule has 126 valence electrons. The second kappa shape index (κ2) is 8.06. The number of benzene rings is 1. The van der Waals surface area contributed by atoms with Crippen molar-refractivity contribution in [3.8, 4) is 0 Å². The van der Waals surface area contributed by atoms with Gasteiger partial charge >= 0.3 is 0 Å². The lowest BCUT2D eigenvalue weighted by molar-refractivity contribution is -0.119. The SMILES string of the molecule is Nc1ccc2c(c1)CCCC2NC(=O)CSCC1CCCCO1. The fourth-order valence-corrected chi connectivity index (χ4v) is 4.35. The maximum Gasteiger partial charge on any atom is 0.230 e. The van der Waals surface area contributed by atoms with E-state index in [1.807, 2.05) is 12.1 Å². The van der Waals surface area contributed by atoms with Crippen LogP contribution in [0, 0.1) is 0 Å². The fraction of sp³-hybridized carbons (Fsp3) is 0.611. The number of rotatable bonds is 5. The van der Waals surface area contributed by atoms with Gasteiger partial charge in [-0.25, -0.2) is 0 Å². The molecule has 5 heteroatoms. The summed E-state index contributed by atoms with van der Waals surface area (Å²) < 4.78 is 5.70. The number of thioether (sulfide) groups is 1. The third-order valence-electron chi connectivity index (χ3n) is 4.63. The van der Waals surface area contributed by atoms with Gasteiger partial charge in [-0.3, -0.25) is 4.79 Å². The molecule has 2 aliphatic rings. The summed E-state index contributed by atoms with van der Waals surface area (Å²) in [5.74, 6) is 1.56. The molecule has 1 heterocycles. The summed E-state index contributed by atoms with van der Waals surface area (Å²) in [6.45, 7) is 0.874. The maximum atomic E-state index is 12.2. The predicted octanol–water partition coefficient (Wildman–Crippen LogP) is 3.06. The van der Waals surface area contributed by atoms with Crippen molar-refractivity contribution in [1.29, 1.82) is 0 Å². The highest BCUT2D eigenvalue weighted by atomic mass is 32.2. The number of fused-ring (bicyclic) bond motifs is 1. The van der Waals surface area contributed by atoms with Gasteiger partial charge < -0.3 is 15.8 Å². The average Bonchev–Trinajstić information content (AvgIpc) is 2.56. The molecule has 2 atom stereocenters. The van der Waals surface area contributed by atoms with E-state index in [4.69, 9.17) is 10.5 Å². The number of nitrogens with two attached hydrogens (primary N) is 1. The van der Waals surface area contributed by atoms with Crippen molar-refractivity contribution in [2.24, 2.45) is 0 Å². The first-order valence-corrected chi connectivity index (χ1v) is 9.75. The van der Waals surface area contributed by atoms with E-state index in [1.54, 1.807) is 11.8 Å². The molecule has 1 aromatic carbocycles. The summed E-state index contributed by atoms with van der Waals surface area (Å²) in [5, 5.41) is 3.19. The molecule has 1 fully saturated rings. The molecule has 1 aliphatic heterocycles. The number of anilines is 1. The minimum absolute atomic E-state index is 0.125. The van der Waals surface area contributed by atoms with Crippen LogP contribution < -0.4 is 11.1 Å². The van der Waals surface area contributed by atoms with Crippen molar-refractivity contribution in [2.75, 3.05) is 23.8 Å². The molecule has 1 amide bonds. The van der Waals surface area contributed by atoms with Gasteiger partial charge in [-0.15, -0.1) is 11.8 Å². The Morgan fingerprint density at radius 3 is 3.04 bits per heavy atom. The molecule has 4 nitrogen and oxygen atoms in total. The number of hydrogen-bond acceptors (Lipinski definition) is 4. The van der Waals surface area contributed by atoms with Crippen LogP contribution in [0.2, 0.25) is 0 Å². The molecule has 0 radical (unpaired) electrons. The second-order valence-electron chi connectivity index (χ2n) is 6.47. The van der Waals surface area contributed by atoms with Crippen LogP contribution in [0.5, 0.6) is 0 Å². The first kappa shape index (κ1) is 16.7. The van der Waals surface area contributed by atoms with Crippen LogP contribution in [0.15, 0.2) is 18.2 Å². The predicted molar refractivity (Wildman–Crippen MR) is 95.6 cm³/mol. The summed E-state index contributed by atoms with van der Waals surface area (Å²) in [7, 11) is 0. The molecule has 3 N–H and O–H groups in total. The summed E-state index contributed by atoms with van der Waals surface area (Å²) in [6.07, 6.45) is 7.06. The van der Waals surface area contributed by atoms with Crippen molar-refractivity contribution in [3.63, 3.8) is 0 Å². The number of carbonyl (C=O) groups excluding carboxylic acids is 1. The van der Waals surface area contributed by atoms with E-state index in [2.05, 4.69) is 11.4 Å². The van der Waals surface area contributed by atoms with Gasteiger partial charge in [0.25, 0.3) is 0 Å². The summed E-state index contributed by atoms with van der Waals surface area (Å²) in [5.41, 5.74) is 9.18. The Balaban J connectivity index is 1.47. The van der Waals surface area contributed by atoms with Gasteiger partial charge in [0, 0.05) is 18.0 Å². The smallest absolute Gasteiger partial charge is 0.230 e. The lowest BCUT2D eigenvalue weighted by Gasteiger charge is -2.27. The molecule has 1 aliphatic carbocycles. The Hall–Kier alpha value is -1.20. The number of amides is 1.